The monoisotopic (exact) mass is 438 g/mol. The highest BCUT2D eigenvalue weighted by atomic mass is 35.5. The Morgan fingerprint density at radius 2 is 1.64 bits per heavy atom. The van der Waals surface area contributed by atoms with Gasteiger partial charge in [-0.05, 0) is 36.4 Å². The number of carbonyl (C=O) groups excluding carboxylic acids is 2. The van der Waals surface area contributed by atoms with Crippen LogP contribution in [0.25, 0.3) is 11.4 Å². The molecule has 0 saturated carbocycles. The van der Waals surface area contributed by atoms with Crippen LogP contribution in [0.4, 0.5) is 0 Å². The third-order valence-corrected chi connectivity index (χ3v) is 4.52. The van der Waals surface area contributed by atoms with Gasteiger partial charge in [0.25, 0.3) is 5.91 Å². The second kappa shape index (κ2) is 9.05. The summed E-state index contributed by atoms with van der Waals surface area (Å²) in [5, 5.41) is 4.83. The Bertz CT molecular complexity index is 985. The maximum Gasteiger partial charge on any atom is 0.272 e. The van der Waals surface area contributed by atoms with Crippen molar-refractivity contribution >= 4 is 46.6 Å². The summed E-state index contributed by atoms with van der Waals surface area (Å²) in [5.41, 5.74) is 5.38. The molecule has 1 aromatic heterocycles. The number of hydrogen-bond acceptors (Lipinski definition) is 5. The summed E-state index contributed by atoms with van der Waals surface area (Å²) in [6, 6.07) is 11.6. The average Bonchev–Trinajstić information content (AvgIpc) is 3.14. The number of benzene rings is 2. The van der Waals surface area contributed by atoms with Crippen LogP contribution in [0.15, 0.2) is 47.0 Å². The van der Waals surface area contributed by atoms with E-state index in [4.69, 9.17) is 39.3 Å². The van der Waals surface area contributed by atoms with Crippen molar-refractivity contribution < 1.29 is 14.1 Å². The first-order valence-electron chi connectivity index (χ1n) is 8.06. The minimum absolute atomic E-state index is 0.0266. The van der Waals surface area contributed by atoms with Crippen molar-refractivity contribution in [1.82, 2.24) is 21.0 Å². The predicted octanol–water partition coefficient (Wildman–Crippen LogP) is 4.09. The Balaban J connectivity index is 1.51. The van der Waals surface area contributed by atoms with Crippen LogP contribution in [0, 0.1) is 0 Å². The molecule has 0 bridgehead atoms. The number of rotatable bonds is 5. The molecule has 144 valence electrons. The zero-order valence-electron chi connectivity index (χ0n) is 14.2. The molecule has 0 radical (unpaired) electrons. The SMILES string of the molecule is O=C(CCc1nc(-c2ccc(Cl)cc2)no1)NNC(=O)c1c(Cl)cccc1Cl. The van der Waals surface area contributed by atoms with Gasteiger partial charge < -0.3 is 4.52 Å². The van der Waals surface area contributed by atoms with Crippen molar-refractivity contribution in [2.75, 3.05) is 0 Å². The minimum atomic E-state index is -0.619. The molecule has 0 aliphatic rings. The third-order valence-electron chi connectivity index (χ3n) is 3.64. The van der Waals surface area contributed by atoms with Crippen molar-refractivity contribution in [3.05, 3.63) is 69.0 Å². The van der Waals surface area contributed by atoms with Crippen LogP contribution in [0.2, 0.25) is 15.1 Å². The molecular weight excluding hydrogens is 427 g/mol. The zero-order chi connectivity index (χ0) is 20.1. The summed E-state index contributed by atoms with van der Waals surface area (Å²) >= 11 is 17.7. The molecule has 1 heterocycles. The Morgan fingerprint density at radius 3 is 2.32 bits per heavy atom. The molecule has 2 N–H and O–H groups in total. The number of hydrogen-bond donors (Lipinski definition) is 2. The summed E-state index contributed by atoms with van der Waals surface area (Å²) in [4.78, 5) is 28.3. The molecule has 0 spiro atoms. The molecule has 3 aromatic rings. The van der Waals surface area contributed by atoms with Gasteiger partial charge in [0.2, 0.25) is 17.6 Å². The summed E-state index contributed by atoms with van der Waals surface area (Å²) in [5.74, 6) is -0.371. The molecule has 0 atom stereocenters. The molecule has 0 aliphatic heterocycles. The van der Waals surface area contributed by atoms with Gasteiger partial charge in [-0.3, -0.25) is 20.4 Å². The van der Waals surface area contributed by atoms with E-state index in [1.54, 1.807) is 30.3 Å². The summed E-state index contributed by atoms with van der Waals surface area (Å²) in [6.07, 6.45) is 0.230. The molecule has 0 fully saturated rings. The van der Waals surface area contributed by atoms with Crippen LogP contribution in [0.5, 0.6) is 0 Å². The Morgan fingerprint density at radius 1 is 0.964 bits per heavy atom. The second-order valence-corrected chi connectivity index (χ2v) is 6.87. The van der Waals surface area contributed by atoms with Gasteiger partial charge in [-0.15, -0.1) is 0 Å². The van der Waals surface area contributed by atoms with Gasteiger partial charge >= 0.3 is 0 Å². The Hall–Kier alpha value is -2.61. The van der Waals surface area contributed by atoms with Gasteiger partial charge in [0, 0.05) is 23.4 Å². The normalized spacial score (nSPS) is 10.5. The lowest BCUT2D eigenvalue weighted by Crippen LogP contribution is -2.41. The predicted molar refractivity (Wildman–Crippen MR) is 105 cm³/mol. The zero-order valence-corrected chi connectivity index (χ0v) is 16.5. The van der Waals surface area contributed by atoms with E-state index in [2.05, 4.69) is 21.0 Å². The first-order chi connectivity index (χ1) is 13.4. The molecule has 28 heavy (non-hydrogen) atoms. The fraction of sp³-hybridized carbons (Fsp3) is 0.111. The number of halogens is 3. The van der Waals surface area contributed by atoms with E-state index >= 15 is 0 Å². The lowest BCUT2D eigenvalue weighted by molar-refractivity contribution is -0.121. The topological polar surface area (TPSA) is 97.1 Å². The molecular formula is C18H13Cl3N4O3. The van der Waals surface area contributed by atoms with E-state index in [0.717, 1.165) is 5.56 Å². The van der Waals surface area contributed by atoms with Crippen LogP contribution in [-0.4, -0.2) is 22.0 Å². The number of nitrogens with zero attached hydrogens (tertiary/aromatic N) is 2. The molecule has 2 amide bonds. The Labute approximate surface area is 174 Å². The largest absolute Gasteiger partial charge is 0.339 e. The average molecular weight is 440 g/mol. The first-order valence-corrected chi connectivity index (χ1v) is 9.19. The van der Waals surface area contributed by atoms with E-state index in [-0.39, 0.29) is 28.5 Å². The summed E-state index contributed by atoms with van der Waals surface area (Å²) in [7, 11) is 0. The van der Waals surface area contributed by atoms with Gasteiger partial charge in [0.15, 0.2) is 0 Å². The van der Waals surface area contributed by atoms with Crippen LogP contribution in [0.1, 0.15) is 22.7 Å². The van der Waals surface area contributed by atoms with Crippen molar-refractivity contribution in [3.8, 4) is 11.4 Å². The van der Waals surface area contributed by atoms with E-state index < -0.39 is 11.8 Å². The molecule has 3 rings (SSSR count). The molecule has 0 saturated heterocycles. The molecule has 10 heteroatoms. The third kappa shape index (κ3) is 5.01. The summed E-state index contributed by atoms with van der Waals surface area (Å²) in [6.45, 7) is 0. The van der Waals surface area contributed by atoms with Crippen molar-refractivity contribution in [2.24, 2.45) is 0 Å². The minimum Gasteiger partial charge on any atom is -0.339 e. The van der Waals surface area contributed by atoms with E-state index in [0.29, 0.717) is 16.7 Å². The molecule has 2 aromatic carbocycles. The number of carbonyl (C=O) groups is 2. The Kier molecular flexibility index (Phi) is 6.51. The number of hydrazine groups is 1. The number of amides is 2. The van der Waals surface area contributed by atoms with Gasteiger partial charge in [0.05, 0.1) is 15.6 Å². The lowest BCUT2D eigenvalue weighted by Gasteiger charge is -2.09. The van der Waals surface area contributed by atoms with E-state index in [1.807, 2.05) is 0 Å². The number of aryl methyl sites for hydroxylation is 1. The van der Waals surface area contributed by atoms with Crippen LogP contribution in [0.3, 0.4) is 0 Å². The molecule has 0 aliphatic carbocycles. The fourth-order valence-corrected chi connectivity index (χ4v) is 2.95. The highest BCUT2D eigenvalue weighted by Gasteiger charge is 2.16. The van der Waals surface area contributed by atoms with Crippen molar-refractivity contribution in [1.29, 1.82) is 0 Å². The summed E-state index contributed by atoms with van der Waals surface area (Å²) < 4.78 is 5.13. The number of nitrogens with one attached hydrogen (secondary N) is 2. The molecule has 7 nitrogen and oxygen atoms in total. The van der Waals surface area contributed by atoms with Gasteiger partial charge in [-0.1, -0.05) is 46.0 Å². The highest BCUT2D eigenvalue weighted by molar-refractivity contribution is 6.39. The fourth-order valence-electron chi connectivity index (χ4n) is 2.26. The smallest absolute Gasteiger partial charge is 0.272 e. The highest BCUT2D eigenvalue weighted by Crippen LogP contribution is 2.23. The first kappa shape index (κ1) is 20.1. The van der Waals surface area contributed by atoms with Crippen LogP contribution >= 0.6 is 34.8 Å². The maximum absolute atomic E-state index is 12.1. The van der Waals surface area contributed by atoms with Gasteiger partial charge in [0.1, 0.15) is 0 Å². The lowest BCUT2D eigenvalue weighted by atomic mass is 10.2. The van der Waals surface area contributed by atoms with Crippen LogP contribution < -0.4 is 10.9 Å². The van der Waals surface area contributed by atoms with Gasteiger partial charge in [-0.25, -0.2) is 0 Å². The van der Waals surface area contributed by atoms with E-state index in [9.17, 15) is 9.59 Å². The van der Waals surface area contributed by atoms with Crippen molar-refractivity contribution in [3.63, 3.8) is 0 Å². The molecule has 0 unspecified atom stereocenters. The quantitative estimate of drug-likeness (QED) is 0.584. The van der Waals surface area contributed by atoms with Crippen LogP contribution in [-0.2, 0) is 11.2 Å². The standard InChI is InChI=1S/C18H13Cl3N4O3/c19-11-6-4-10(5-7-11)17-22-15(28-25-17)9-8-14(26)23-24-18(27)16-12(20)2-1-3-13(16)21/h1-7H,8-9H2,(H,23,26)(H,24,27). The van der Waals surface area contributed by atoms with Gasteiger partial charge in [-0.2, -0.15) is 4.98 Å². The number of aromatic nitrogens is 2. The second-order valence-electron chi connectivity index (χ2n) is 5.62. The maximum atomic E-state index is 12.1. The van der Waals surface area contributed by atoms with E-state index in [1.165, 1.54) is 12.1 Å². The van der Waals surface area contributed by atoms with Crippen molar-refractivity contribution in [2.45, 2.75) is 12.8 Å².